The van der Waals surface area contributed by atoms with Gasteiger partial charge >= 0.3 is 0 Å². The van der Waals surface area contributed by atoms with E-state index in [1.807, 2.05) is 0 Å². The van der Waals surface area contributed by atoms with Crippen molar-refractivity contribution in [2.45, 2.75) is 6.92 Å². The van der Waals surface area contributed by atoms with Crippen LogP contribution >= 0.6 is 0 Å². The standard InChI is InChI=1S/C6H14N4O3S/c1-2-13-5-6-14(11,12)9-4-3-8-10-7/h9H,2-6H2,1H3. The van der Waals surface area contributed by atoms with Gasteiger partial charge in [-0.25, -0.2) is 13.1 Å². The van der Waals surface area contributed by atoms with Crippen molar-refractivity contribution in [2.75, 3.05) is 32.1 Å². The third-order valence-corrected chi connectivity index (χ3v) is 2.65. The third kappa shape index (κ3) is 7.81. The Kier molecular flexibility index (Phi) is 7.13. The lowest BCUT2D eigenvalue weighted by molar-refractivity contribution is 0.163. The van der Waals surface area contributed by atoms with Crippen molar-refractivity contribution in [3.8, 4) is 0 Å². The Hall–Kier alpha value is -0.820. The highest BCUT2D eigenvalue weighted by molar-refractivity contribution is 7.89. The van der Waals surface area contributed by atoms with E-state index in [-0.39, 0.29) is 25.4 Å². The SMILES string of the molecule is CCOCCS(=O)(=O)NCCN=[N+]=[N-]. The molecule has 0 saturated carbocycles. The zero-order chi connectivity index (χ0) is 10.9. The fourth-order valence-electron chi connectivity index (χ4n) is 0.681. The van der Waals surface area contributed by atoms with Crippen molar-refractivity contribution in [3.63, 3.8) is 0 Å². The van der Waals surface area contributed by atoms with Crippen LogP contribution in [-0.4, -0.2) is 40.5 Å². The molecule has 0 aromatic heterocycles. The van der Waals surface area contributed by atoms with Crippen molar-refractivity contribution < 1.29 is 13.2 Å². The van der Waals surface area contributed by atoms with Crippen LogP contribution in [0.4, 0.5) is 0 Å². The van der Waals surface area contributed by atoms with Gasteiger partial charge < -0.3 is 4.74 Å². The molecular weight excluding hydrogens is 208 g/mol. The molecule has 7 nitrogen and oxygen atoms in total. The number of rotatable bonds is 8. The third-order valence-electron chi connectivity index (χ3n) is 1.30. The Bertz CT molecular complexity index is 283. The maximum atomic E-state index is 11.1. The number of ether oxygens (including phenoxy) is 1. The van der Waals surface area contributed by atoms with Gasteiger partial charge in [0.25, 0.3) is 0 Å². The fraction of sp³-hybridized carbons (Fsp3) is 1.00. The minimum atomic E-state index is -3.29. The lowest BCUT2D eigenvalue weighted by Crippen LogP contribution is -2.30. The first kappa shape index (κ1) is 13.2. The molecule has 0 aliphatic heterocycles. The van der Waals surface area contributed by atoms with Gasteiger partial charge in [-0.1, -0.05) is 5.11 Å². The lowest BCUT2D eigenvalue weighted by atomic mass is 10.7. The van der Waals surface area contributed by atoms with Gasteiger partial charge in [0, 0.05) is 24.6 Å². The predicted octanol–water partition coefficient (Wildman–Crippen LogP) is 0.253. The van der Waals surface area contributed by atoms with Crippen molar-refractivity contribution in [1.29, 1.82) is 0 Å². The molecule has 1 N–H and O–H groups in total. The number of hydrogen-bond acceptors (Lipinski definition) is 4. The van der Waals surface area contributed by atoms with E-state index in [0.29, 0.717) is 6.61 Å². The van der Waals surface area contributed by atoms with Gasteiger partial charge in [-0.15, -0.1) is 0 Å². The highest BCUT2D eigenvalue weighted by Crippen LogP contribution is 1.85. The smallest absolute Gasteiger partial charge is 0.213 e. The molecule has 8 heteroatoms. The number of nitrogens with one attached hydrogen (secondary N) is 1. The zero-order valence-corrected chi connectivity index (χ0v) is 8.83. The van der Waals surface area contributed by atoms with Crippen LogP contribution in [0.3, 0.4) is 0 Å². The maximum absolute atomic E-state index is 11.1. The van der Waals surface area contributed by atoms with Crippen molar-refractivity contribution in [1.82, 2.24) is 4.72 Å². The van der Waals surface area contributed by atoms with Crippen molar-refractivity contribution in [2.24, 2.45) is 5.11 Å². The van der Waals surface area contributed by atoms with E-state index in [2.05, 4.69) is 14.7 Å². The van der Waals surface area contributed by atoms with Gasteiger partial charge in [0.2, 0.25) is 10.0 Å². The van der Waals surface area contributed by atoms with E-state index in [9.17, 15) is 8.42 Å². The van der Waals surface area contributed by atoms with Crippen LogP contribution in [0.2, 0.25) is 0 Å². The summed E-state index contributed by atoms with van der Waals surface area (Å²) in [6.45, 7) is 2.70. The van der Waals surface area contributed by atoms with Crippen molar-refractivity contribution >= 4 is 10.0 Å². The average Bonchev–Trinajstić information content (AvgIpc) is 2.13. The predicted molar refractivity (Wildman–Crippen MR) is 52.3 cm³/mol. The molecule has 0 aliphatic rings. The molecule has 0 spiro atoms. The van der Waals surface area contributed by atoms with Gasteiger partial charge in [0.15, 0.2) is 0 Å². The summed E-state index contributed by atoms with van der Waals surface area (Å²) in [5.74, 6) is -0.0723. The first-order valence-corrected chi connectivity index (χ1v) is 5.83. The highest BCUT2D eigenvalue weighted by atomic mass is 32.2. The summed E-state index contributed by atoms with van der Waals surface area (Å²) in [6, 6.07) is 0. The number of azide groups is 1. The fourth-order valence-corrected chi connectivity index (χ4v) is 1.56. The van der Waals surface area contributed by atoms with Gasteiger partial charge in [0.1, 0.15) is 0 Å². The molecule has 0 rings (SSSR count). The highest BCUT2D eigenvalue weighted by Gasteiger charge is 2.07. The Morgan fingerprint density at radius 2 is 2.29 bits per heavy atom. The molecule has 0 fully saturated rings. The van der Waals surface area contributed by atoms with Gasteiger partial charge in [0.05, 0.1) is 12.4 Å². The first-order chi connectivity index (χ1) is 6.62. The van der Waals surface area contributed by atoms with E-state index in [1.165, 1.54) is 0 Å². The second-order valence-electron chi connectivity index (χ2n) is 2.36. The maximum Gasteiger partial charge on any atom is 0.213 e. The molecule has 82 valence electrons. The average molecular weight is 222 g/mol. The Morgan fingerprint density at radius 1 is 1.57 bits per heavy atom. The second-order valence-corrected chi connectivity index (χ2v) is 4.29. The molecule has 14 heavy (non-hydrogen) atoms. The molecule has 0 aromatic rings. The Morgan fingerprint density at radius 3 is 2.86 bits per heavy atom. The van der Waals surface area contributed by atoms with Gasteiger partial charge in [-0.05, 0) is 12.5 Å². The normalized spacial score (nSPS) is 10.9. The molecule has 0 aromatic carbocycles. The number of nitrogens with zero attached hydrogens (tertiary/aromatic N) is 3. The van der Waals surface area contributed by atoms with Gasteiger partial charge in [-0.3, -0.25) is 0 Å². The van der Waals surface area contributed by atoms with Crippen LogP contribution in [0.5, 0.6) is 0 Å². The summed E-state index contributed by atoms with van der Waals surface area (Å²) < 4.78 is 29.5. The van der Waals surface area contributed by atoms with Crippen LogP contribution in [0, 0.1) is 0 Å². The summed E-state index contributed by atoms with van der Waals surface area (Å²) >= 11 is 0. The molecular formula is C6H14N4O3S. The van der Waals surface area contributed by atoms with Gasteiger partial charge in [-0.2, -0.15) is 0 Å². The number of hydrogen-bond donors (Lipinski definition) is 1. The minimum Gasteiger partial charge on any atom is -0.381 e. The van der Waals surface area contributed by atoms with Crippen molar-refractivity contribution in [3.05, 3.63) is 10.4 Å². The molecule has 0 bridgehead atoms. The largest absolute Gasteiger partial charge is 0.381 e. The van der Waals surface area contributed by atoms with E-state index < -0.39 is 10.0 Å². The molecule has 0 unspecified atom stereocenters. The van der Waals surface area contributed by atoms with E-state index in [4.69, 9.17) is 10.3 Å². The summed E-state index contributed by atoms with van der Waals surface area (Å²) in [5, 5.41) is 3.19. The Balaban J connectivity index is 3.67. The van der Waals surface area contributed by atoms with Crippen LogP contribution < -0.4 is 4.72 Å². The molecule has 0 aliphatic carbocycles. The molecule has 0 atom stereocenters. The molecule has 0 heterocycles. The molecule has 0 radical (unpaired) electrons. The monoisotopic (exact) mass is 222 g/mol. The Labute approximate surface area is 83.1 Å². The minimum absolute atomic E-state index is 0.0723. The zero-order valence-electron chi connectivity index (χ0n) is 8.01. The summed E-state index contributed by atoms with van der Waals surface area (Å²) in [4.78, 5) is 2.50. The second kappa shape index (κ2) is 7.57. The molecule has 0 saturated heterocycles. The van der Waals surface area contributed by atoms with E-state index in [1.54, 1.807) is 6.92 Å². The summed E-state index contributed by atoms with van der Waals surface area (Å²) in [6.07, 6.45) is 0. The quantitative estimate of drug-likeness (QED) is 0.275. The lowest BCUT2D eigenvalue weighted by Gasteiger charge is -2.04. The van der Waals surface area contributed by atoms with E-state index in [0.717, 1.165) is 0 Å². The summed E-state index contributed by atoms with van der Waals surface area (Å²) in [7, 11) is -3.29. The van der Waals surface area contributed by atoms with Crippen LogP contribution in [0.15, 0.2) is 5.11 Å². The van der Waals surface area contributed by atoms with Crippen LogP contribution in [0.25, 0.3) is 10.4 Å². The van der Waals surface area contributed by atoms with Crippen LogP contribution in [0.1, 0.15) is 6.92 Å². The summed E-state index contributed by atoms with van der Waals surface area (Å²) in [5.41, 5.74) is 7.93. The van der Waals surface area contributed by atoms with Crippen LogP contribution in [-0.2, 0) is 14.8 Å². The van der Waals surface area contributed by atoms with E-state index >= 15 is 0 Å². The molecule has 0 amide bonds. The topological polar surface area (TPSA) is 104 Å². The first-order valence-electron chi connectivity index (χ1n) is 4.18. The number of sulfonamides is 1.